The van der Waals surface area contributed by atoms with Gasteiger partial charge >= 0.3 is 5.97 Å². The van der Waals surface area contributed by atoms with Crippen LogP contribution in [-0.2, 0) is 19.0 Å². The van der Waals surface area contributed by atoms with Gasteiger partial charge in [0.1, 0.15) is 24.9 Å². The zero-order chi connectivity index (χ0) is 28.1. The van der Waals surface area contributed by atoms with Crippen LogP contribution in [0.3, 0.4) is 0 Å². The van der Waals surface area contributed by atoms with Gasteiger partial charge in [-0.2, -0.15) is 0 Å². The maximum Gasteiger partial charge on any atom is 0.331 e. The smallest absolute Gasteiger partial charge is 0.331 e. The molecule has 14 atom stereocenters. The Balaban J connectivity index is 1.22. The molecule has 0 radical (unpaired) electrons. The molecular weight excluding hydrogens is 512 g/mol. The highest BCUT2D eigenvalue weighted by atomic mass is 16.7. The zero-order valence-electron chi connectivity index (χ0n) is 22.5. The molecular formula is C28H42O11. The lowest BCUT2D eigenvalue weighted by Crippen LogP contribution is -2.74. The van der Waals surface area contributed by atoms with Crippen LogP contribution in [0.25, 0.3) is 0 Å². The van der Waals surface area contributed by atoms with Crippen LogP contribution in [0.5, 0.6) is 0 Å². The molecule has 7 N–H and O–H groups in total. The van der Waals surface area contributed by atoms with E-state index in [0.29, 0.717) is 25.7 Å². The summed E-state index contributed by atoms with van der Waals surface area (Å²) in [6.07, 6.45) is -3.72. The molecule has 4 aliphatic carbocycles. The van der Waals surface area contributed by atoms with E-state index in [4.69, 9.17) is 14.2 Å². The van der Waals surface area contributed by atoms with Crippen molar-refractivity contribution in [2.45, 2.75) is 125 Å². The standard InChI is InChI=1S/C28H42O11/c1-13-21(31)22(32)23(33)24(38-13)39-15-3-7-28(36)18-10-19(29)25(2)16(14-9-20(30)37-12-14)5-8-27(25,35)17(18)4-6-26(28,34)11-15/h9,13,15-19,21-24,29,31-36H,3-8,10-12H2,1-2H3. The van der Waals surface area contributed by atoms with Crippen LogP contribution in [0.4, 0.5) is 0 Å². The van der Waals surface area contributed by atoms with Gasteiger partial charge in [-0.05, 0) is 75.2 Å². The number of cyclic esters (lactones) is 1. The quantitative estimate of drug-likeness (QED) is 0.172. The highest BCUT2D eigenvalue weighted by molar-refractivity contribution is 5.85. The molecule has 0 aromatic rings. The van der Waals surface area contributed by atoms with Gasteiger partial charge in [-0.15, -0.1) is 0 Å². The molecule has 11 heteroatoms. The molecule has 14 unspecified atom stereocenters. The van der Waals surface area contributed by atoms with Crippen molar-refractivity contribution in [2.24, 2.45) is 23.2 Å². The average Bonchev–Trinajstić information content (AvgIpc) is 3.43. The lowest BCUT2D eigenvalue weighted by atomic mass is 9.44. The van der Waals surface area contributed by atoms with E-state index in [1.807, 2.05) is 6.92 Å². The Morgan fingerprint density at radius 3 is 2.33 bits per heavy atom. The van der Waals surface area contributed by atoms with Crippen molar-refractivity contribution in [3.05, 3.63) is 11.6 Å². The Morgan fingerprint density at radius 2 is 1.64 bits per heavy atom. The summed E-state index contributed by atoms with van der Waals surface area (Å²) in [4.78, 5) is 11.8. The molecule has 2 aliphatic heterocycles. The summed E-state index contributed by atoms with van der Waals surface area (Å²) < 4.78 is 16.7. The van der Waals surface area contributed by atoms with Crippen LogP contribution in [0.15, 0.2) is 11.6 Å². The number of ether oxygens (including phenoxy) is 3. The Labute approximate surface area is 227 Å². The molecule has 2 heterocycles. The van der Waals surface area contributed by atoms with Gasteiger partial charge in [0.25, 0.3) is 0 Å². The van der Waals surface area contributed by atoms with E-state index in [-0.39, 0.29) is 44.1 Å². The summed E-state index contributed by atoms with van der Waals surface area (Å²) >= 11 is 0. The molecule has 4 saturated carbocycles. The summed E-state index contributed by atoms with van der Waals surface area (Å²) in [5.74, 6) is -1.52. The first-order chi connectivity index (χ1) is 18.2. The van der Waals surface area contributed by atoms with E-state index in [1.54, 1.807) is 6.92 Å². The lowest BCUT2D eigenvalue weighted by molar-refractivity contribution is -0.331. The van der Waals surface area contributed by atoms with Crippen LogP contribution in [0.2, 0.25) is 0 Å². The SMILES string of the molecule is CC1OC(OC2CCC3(O)C4CC(O)C5(C)C(C6=CC(=O)OC6)CCC5(O)C4CCC3(O)C2)C(O)C(O)C1O. The van der Waals surface area contributed by atoms with Crippen LogP contribution in [0, 0.1) is 23.2 Å². The van der Waals surface area contributed by atoms with Crippen molar-refractivity contribution in [3.63, 3.8) is 0 Å². The fourth-order valence-electron chi connectivity index (χ4n) is 9.40. The van der Waals surface area contributed by atoms with Crippen molar-refractivity contribution < 1.29 is 54.8 Å². The van der Waals surface area contributed by atoms with Gasteiger partial charge in [0, 0.05) is 17.9 Å². The minimum absolute atomic E-state index is 0.0626. The zero-order valence-corrected chi connectivity index (χ0v) is 22.5. The maximum atomic E-state index is 12.3. The highest BCUT2D eigenvalue weighted by Gasteiger charge is 2.73. The molecule has 0 aromatic carbocycles. The highest BCUT2D eigenvalue weighted by Crippen LogP contribution is 2.68. The van der Waals surface area contributed by atoms with Crippen LogP contribution < -0.4 is 0 Å². The van der Waals surface area contributed by atoms with Crippen LogP contribution in [-0.4, -0.2) is 108 Å². The second kappa shape index (κ2) is 9.17. The van der Waals surface area contributed by atoms with Gasteiger partial charge in [-0.3, -0.25) is 0 Å². The van der Waals surface area contributed by atoms with Gasteiger partial charge in [0.05, 0.1) is 35.1 Å². The summed E-state index contributed by atoms with van der Waals surface area (Å²) in [6.45, 7) is 3.61. The van der Waals surface area contributed by atoms with Crippen molar-refractivity contribution in [1.82, 2.24) is 0 Å². The Morgan fingerprint density at radius 1 is 0.923 bits per heavy atom. The molecule has 6 rings (SSSR count). The Hall–Kier alpha value is -1.15. The number of aliphatic hydroxyl groups excluding tert-OH is 4. The van der Waals surface area contributed by atoms with E-state index in [1.165, 1.54) is 6.08 Å². The third-order valence-corrected chi connectivity index (χ3v) is 11.7. The van der Waals surface area contributed by atoms with Crippen LogP contribution >= 0.6 is 0 Å². The molecule has 11 nitrogen and oxygen atoms in total. The topological polar surface area (TPSA) is 186 Å². The second-order valence-electron chi connectivity index (χ2n) is 13.3. The minimum atomic E-state index is -1.56. The third kappa shape index (κ3) is 3.78. The van der Waals surface area contributed by atoms with E-state index >= 15 is 0 Å². The number of fused-ring (bicyclic) bond motifs is 5. The fraction of sp³-hybridized carbons (Fsp3) is 0.893. The van der Waals surface area contributed by atoms with Crippen molar-refractivity contribution in [1.29, 1.82) is 0 Å². The molecule has 0 spiro atoms. The minimum Gasteiger partial charge on any atom is -0.458 e. The number of hydrogen-bond donors (Lipinski definition) is 7. The maximum absolute atomic E-state index is 12.3. The van der Waals surface area contributed by atoms with Gasteiger partial charge < -0.3 is 50.0 Å². The number of hydrogen-bond acceptors (Lipinski definition) is 11. The summed E-state index contributed by atoms with van der Waals surface area (Å²) in [5.41, 5.74) is -4.53. The van der Waals surface area contributed by atoms with Gasteiger partial charge in [-0.25, -0.2) is 4.79 Å². The summed E-state index contributed by atoms with van der Waals surface area (Å²) in [7, 11) is 0. The van der Waals surface area contributed by atoms with E-state index in [2.05, 4.69) is 0 Å². The predicted molar refractivity (Wildman–Crippen MR) is 133 cm³/mol. The van der Waals surface area contributed by atoms with Crippen molar-refractivity contribution in [2.75, 3.05) is 6.61 Å². The van der Waals surface area contributed by atoms with Gasteiger partial charge in [0.15, 0.2) is 6.29 Å². The average molecular weight is 555 g/mol. The molecule has 0 bridgehead atoms. The van der Waals surface area contributed by atoms with E-state index < -0.39 is 77.0 Å². The van der Waals surface area contributed by atoms with Gasteiger partial charge in [-0.1, -0.05) is 6.92 Å². The molecule has 0 amide bonds. The summed E-state index contributed by atoms with van der Waals surface area (Å²) in [6, 6.07) is 0. The Bertz CT molecular complexity index is 1030. The fourth-order valence-corrected chi connectivity index (χ4v) is 9.40. The van der Waals surface area contributed by atoms with Crippen molar-refractivity contribution in [3.8, 4) is 0 Å². The molecule has 0 aromatic heterocycles. The normalized spacial score (nSPS) is 57.3. The predicted octanol–water partition coefficient (Wildman–Crippen LogP) is -0.733. The van der Waals surface area contributed by atoms with E-state index in [0.717, 1.165) is 5.57 Å². The molecule has 39 heavy (non-hydrogen) atoms. The Kier molecular flexibility index (Phi) is 6.58. The lowest BCUT2D eigenvalue weighted by Gasteiger charge is -2.66. The first-order valence-corrected chi connectivity index (χ1v) is 14.3. The monoisotopic (exact) mass is 554 g/mol. The summed E-state index contributed by atoms with van der Waals surface area (Å²) in [5, 5.41) is 78.4. The number of carbonyl (C=O) groups is 1. The largest absolute Gasteiger partial charge is 0.458 e. The number of esters is 1. The molecule has 1 saturated heterocycles. The van der Waals surface area contributed by atoms with Gasteiger partial charge in [0.2, 0.25) is 0 Å². The molecule has 6 aliphatic rings. The number of rotatable bonds is 3. The van der Waals surface area contributed by atoms with Crippen LogP contribution in [0.1, 0.15) is 65.2 Å². The molecule has 220 valence electrons. The first kappa shape index (κ1) is 28.0. The second-order valence-corrected chi connectivity index (χ2v) is 13.3. The number of aliphatic hydroxyl groups is 7. The first-order valence-electron chi connectivity index (χ1n) is 14.3. The van der Waals surface area contributed by atoms with E-state index in [9.17, 15) is 40.5 Å². The molecule has 5 fully saturated rings. The third-order valence-electron chi connectivity index (χ3n) is 11.7. The van der Waals surface area contributed by atoms with Crippen molar-refractivity contribution >= 4 is 5.97 Å². The number of carbonyl (C=O) groups excluding carboxylic acids is 1.